The molecule has 2 nitrogen and oxygen atoms in total. The molecule has 0 spiro atoms. The van der Waals surface area contributed by atoms with Crippen molar-refractivity contribution in [2.45, 2.75) is 45.1 Å². The maximum Gasteiger partial charge on any atom is 0.0502 e. The van der Waals surface area contributed by atoms with Gasteiger partial charge < -0.3 is 10.8 Å². The lowest BCUT2D eigenvalue weighted by atomic mass is 9.70. The topological polar surface area (TPSA) is 46.2 Å². The third-order valence-electron chi connectivity index (χ3n) is 3.13. The van der Waals surface area contributed by atoms with Gasteiger partial charge in [-0.3, -0.25) is 0 Å². The minimum absolute atomic E-state index is 0.0538. The second-order valence-corrected chi connectivity index (χ2v) is 3.87. The summed E-state index contributed by atoms with van der Waals surface area (Å²) in [5.41, 5.74) is 5.91. The Morgan fingerprint density at radius 3 is 2.18 bits per heavy atom. The molecule has 1 saturated carbocycles. The van der Waals surface area contributed by atoms with Gasteiger partial charge >= 0.3 is 0 Å². The van der Waals surface area contributed by atoms with E-state index in [1.165, 1.54) is 19.3 Å². The van der Waals surface area contributed by atoms with Gasteiger partial charge in [0.25, 0.3) is 0 Å². The molecule has 11 heavy (non-hydrogen) atoms. The molecular weight excluding hydrogens is 138 g/mol. The van der Waals surface area contributed by atoms with Gasteiger partial charge in [0.15, 0.2) is 0 Å². The van der Waals surface area contributed by atoms with E-state index in [0.717, 1.165) is 12.8 Å². The maximum atomic E-state index is 9.23. The molecule has 0 amide bonds. The summed E-state index contributed by atoms with van der Waals surface area (Å²) in [6, 6.07) is 0.146. The van der Waals surface area contributed by atoms with Crippen LogP contribution in [0.4, 0.5) is 0 Å². The summed E-state index contributed by atoms with van der Waals surface area (Å²) in [7, 11) is 0. The van der Waals surface area contributed by atoms with Crippen LogP contribution in [0.3, 0.4) is 0 Å². The fourth-order valence-corrected chi connectivity index (χ4v) is 2.01. The Morgan fingerprint density at radius 2 is 1.91 bits per heavy atom. The highest BCUT2D eigenvalue weighted by molar-refractivity contribution is 4.88. The second kappa shape index (κ2) is 3.55. The lowest BCUT2D eigenvalue weighted by Crippen LogP contribution is -2.43. The fraction of sp³-hybridized carbons (Fsp3) is 1.00. The number of hydrogen-bond donors (Lipinski definition) is 2. The number of aliphatic hydroxyl groups is 1. The second-order valence-electron chi connectivity index (χ2n) is 3.87. The molecule has 1 aliphatic carbocycles. The minimum Gasteiger partial charge on any atom is -0.396 e. The van der Waals surface area contributed by atoms with Gasteiger partial charge in [-0.15, -0.1) is 0 Å². The SMILES string of the molecule is CC(N)C1(CO)CCCCC1. The predicted molar refractivity (Wildman–Crippen MR) is 46.3 cm³/mol. The van der Waals surface area contributed by atoms with E-state index in [1.807, 2.05) is 6.92 Å². The van der Waals surface area contributed by atoms with Crippen molar-refractivity contribution in [1.82, 2.24) is 0 Å². The smallest absolute Gasteiger partial charge is 0.0502 e. The molecule has 0 saturated heterocycles. The molecule has 0 aromatic rings. The Kier molecular flexibility index (Phi) is 2.90. The predicted octanol–water partition coefficient (Wildman–Crippen LogP) is 1.28. The molecular formula is C9H19NO. The highest BCUT2D eigenvalue weighted by Crippen LogP contribution is 2.37. The maximum absolute atomic E-state index is 9.23. The van der Waals surface area contributed by atoms with E-state index in [0.29, 0.717) is 0 Å². The van der Waals surface area contributed by atoms with Crippen LogP contribution in [-0.4, -0.2) is 17.8 Å². The first-order valence-corrected chi connectivity index (χ1v) is 4.58. The quantitative estimate of drug-likeness (QED) is 0.634. The largest absolute Gasteiger partial charge is 0.396 e. The fourth-order valence-electron chi connectivity index (χ4n) is 2.01. The number of hydrogen-bond acceptors (Lipinski definition) is 2. The van der Waals surface area contributed by atoms with Gasteiger partial charge in [-0.25, -0.2) is 0 Å². The summed E-state index contributed by atoms with van der Waals surface area (Å²) in [6.45, 7) is 2.28. The average molecular weight is 157 g/mol. The summed E-state index contributed by atoms with van der Waals surface area (Å²) < 4.78 is 0. The van der Waals surface area contributed by atoms with E-state index in [1.54, 1.807) is 0 Å². The first kappa shape index (κ1) is 9.01. The van der Waals surface area contributed by atoms with E-state index in [2.05, 4.69) is 0 Å². The summed E-state index contributed by atoms with van der Waals surface area (Å²) in [5, 5.41) is 9.23. The monoisotopic (exact) mass is 157 g/mol. The average Bonchev–Trinajstić information content (AvgIpc) is 2.05. The zero-order chi connectivity index (χ0) is 8.32. The minimum atomic E-state index is 0.0538. The van der Waals surface area contributed by atoms with Crippen LogP contribution in [0.2, 0.25) is 0 Å². The molecule has 2 heteroatoms. The number of rotatable bonds is 2. The lowest BCUT2D eigenvalue weighted by Gasteiger charge is -2.38. The van der Waals surface area contributed by atoms with E-state index in [4.69, 9.17) is 5.73 Å². The molecule has 1 atom stereocenters. The highest BCUT2D eigenvalue weighted by Gasteiger charge is 2.34. The Morgan fingerprint density at radius 1 is 1.36 bits per heavy atom. The summed E-state index contributed by atoms with van der Waals surface area (Å²) in [6.07, 6.45) is 6.01. The van der Waals surface area contributed by atoms with Crippen LogP contribution in [0.15, 0.2) is 0 Å². The van der Waals surface area contributed by atoms with Crippen molar-refractivity contribution >= 4 is 0 Å². The van der Waals surface area contributed by atoms with Gasteiger partial charge in [0.1, 0.15) is 0 Å². The Labute approximate surface area is 68.8 Å². The molecule has 1 fully saturated rings. The van der Waals surface area contributed by atoms with Gasteiger partial charge in [0.05, 0.1) is 6.61 Å². The zero-order valence-electron chi connectivity index (χ0n) is 7.34. The van der Waals surface area contributed by atoms with E-state index in [9.17, 15) is 5.11 Å². The Bertz CT molecular complexity index is 117. The molecule has 1 rings (SSSR count). The molecule has 0 aromatic heterocycles. The summed E-state index contributed by atoms with van der Waals surface area (Å²) >= 11 is 0. The molecule has 0 radical (unpaired) electrons. The van der Waals surface area contributed by atoms with Crippen LogP contribution in [-0.2, 0) is 0 Å². The van der Waals surface area contributed by atoms with Crippen molar-refractivity contribution in [3.8, 4) is 0 Å². The van der Waals surface area contributed by atoms with Crippen molar-refractivity contribution in [3.63, 3.8) is 0 Å². The van der Waals surface area contributed by atoms with Crippen LogP contribution in [0.1, 0.15) is 39.0 Å². The van der Waals surface area contributed by atoms with E-state index < -0.39 is 0 Å². The number of aliphatic hydroxyl groups excluding tert-OH is 1. The van der Waals surface area contributed by atoms with Crippen LogP contribution in [0, 0.1) is 5.41 Å². The van der Waals surface area contributed by atoms with E-state index >= 15 is 0 Å². The van der Waals surface area contributed by atoms with Crippen molar-refractivity contribution in [2.75, 3.05) is 6.61 Å². The molecule has 1 unspecified atom stereocenters. The van der Waals surface area contributed by atoms with Crippen molar-refractivity contribution in [3.05, 3.63) is 0 Å². The van der Waals surface area contributed by atoms with Crippen LogP contribution in [0.5, 0.6) is 0 Å². The molecule has 0 bridgehead atoms. The van der Waals surface area contributed by atoms with Crippen LogP contribution in [0.25, 0.3) is 0 Å². The zero-order valence-corrected chi connectivity index (χ0v) is 7.34. The first-order chi connectivity index (χ1) is 5.21. The standard InChI is InChI=1S/C9H19NO/c1-8(10)9(7-11)5-3-2-4-6-9/h8,11H,2-7,10H2,1H3. The Hall–Kier alpha value is -0.0800. The highest BCUT2D eigenvalue weighted by atomic mass is 16.3. The molecule has 1 aliphatic rings. The molecule has 0 heterocycles. The molecule has 66 valence electrons. The van der Waals surface area contributed by atoms with Crippen LogP contribution >= 0.6 is 0 Å². The molecule has 3 N–H and O–H groups in total. The van der Waals surface area contributed by atoms with E-state index in [-0.39, 0.29) is 18.1 Å². The first-order valence-electron chi connectivity index (χ1n) is 4.58. The lowest BCUT2D eigenvalue weighted by molar-refractivity contribution is 0.0618. The molecule has 0 aliphatic heterocycles. The van der Waals surface area contributed by atoms with Crippen molar-refractivity contribution in [2.24, 2.45) is 11.1 Å². The Balaban J connectivity index is 2.57. The summed E-state index contributed by atoms with van der Waals surface area (Å²) in [4.78, 5) is 0. The van der Waals surface area contributed by atoms with Gasteiger partial charge in [-0.1, -0.05) is 19.3 Å². The van der Waals surface area contributed by atoms with Gasteiger partial charge in [0.2, 0.25) is 0 Å². The third-order valence-corrected chi connectivity index (χ3v) is 3.13. The van der Waals surface area contributed by atoms with Crippen LogP contribution < -0.4 is 5.73 Å². The normalized spacial score (nSPS) is 26.5. The number of nitrogens with two attached hydrogens (primary N) is 1. The van der Waals surface area contributed by atoms with Crippen molar-refractivity contribution < 1.29 is 5.11 Å². The molecule has 0 aromatic carbocycles. The summed E-state index contributed by atoms with van der Waals surface area (Å²) in [5.74, 6) is 0. The third kappa shape index (κ3) is 1.74. The van der Waals surface area contributed by atoms with Crippen molar-refractivity contribution in [1.29, 1.82) is 0 Å². The van der Waals surface area contributed by atoms with Gasteiger partial charge in [-0.2, -0.15) is 0 Å². The van der Waals surface area contributed by atoms with Gasteiger partial charge in [0, 0.05) is 11.5 Å². The van der Waals surface area contributed by atoms with Gasteiger partial charge in [-0.05, 0) is 19.8 Å².